The van der Waals surface area contributed by atoms with Crippen LogP contribution >= 0.6 is 0 Å². The minimum atomic E-state index is -3.14. The lowest BCUT2D eigenvalue weighted by Gasteiger charge is -2.45. The Morgan fingerprint density at radius 1 is 0.729 bits per heavy atom. The molecule has 9 nitrogen and oxygen atoms in total. The van der Waals surface area contributed by atoms with Crippen LogP contribution in [0.2, 0.25) is 5.04 Å². The Labute approximate surface area is 286 Å². The van der Waals surface area contributed by atoms with E-state index in [0.717, 1.165) is 15.9 Å². The summed E-state index contributed by atoms with van der Waals surface area (Å²) in [5, 5.41) is 20.2. The summed E-state index contributed by atoms with van der Waals surface area (Å²) < 4.78 is 7.01. The van der Waals surface area contributed by atoms with Gasteiger partial charge in [0.2, 0.25) is 17.7 Å². The molecule has 4 N–H and O–H groups in total. The number of amides is 3. The van der Waals surface area contributed by atoms with Crippen molar-refractivity contribution in [2.45, 2.75) is 97.0 Å². The van der Waals surface area contributed by atoms with E-state index in [1.54, 1.807) is 6.92 Å². The largest absolute Gasteiger partial charge is 0.480 e. The molecule has 48 heavy (non-hydrogen) atoms. The number of aryl methyl sites for hydroxylation is 1. The minimum absolute atomic E-state index is 0.00125. The van der Waals surface area contributed by atoms with Gasteiger partial charge in [-0.15, -0.1) is 0 Å². The highest BCUT2D eigenvalue weighted by molar-refractivity contribution is 6.99. The van der Waals surface area contributed by atoms with Gasteiger partial charge in [-0.2, -0.15) is 0 Å². The summed E-state index contributed by atoms with van der Waals surface area (Å²) >= 11 is 0. The Morgan fingerprint density at radius 3 is 1.65 bits per heavy atom. The molecule has 3 aromatic rings. The first-order valence-corrected chi connectivity index (χ1v) is 18.5. The standard InChI is InChI=1S/C38H51N3O6Si/c1-26(2)25-33(40-35(43)32(39-28(4)42)24-23-29-17-11-8-12-18-29)36(44)41-34(37(45)46)27(3)47-48(38(5,6)7,30-19-13-9-14-20-30)31-21-15-10-16-22-31/h8-22,26-27,32-34H,23-25H2,1-7H3,(H,39,42)(H,40,43)(H,41,44)(H,45,46)/t27?,32-,33-,34-/m0/s1. The van der Waals surface area contributed by atoms with Crippen molar-refractivity contribution in [2.24, 2.45) is 5.92 Å². The van der Waals surface area contributed by atoms with Crippen LogP contribution in [0.5, 0.6) is 0 Å². The van der Waals surface area contributed by atoms with E-state index in [1.165, 1.54) is 6.92 Å². The fraction of sp³-hybridized carbons (Fsp3) is 0.421. The Kier molecular flexibility index (Phi) is 13.7. The van der Waals surface area contributed by atoms with E-state index in [4.69, 9.17) is 4.43 Å². The lowest BCUT2D eigenvalue weighted by atomic mass is 10.0. The van der Waals surface area contributed by atoms with Crippen LogP contribution in [0.4, 0.5) is 0 Å². The predicted molar refractivity (Wildman–Crippen MR) is 191 cm³/mol. The van der Waals surface area contributed by atoms with Gasteiger partial charge in [-0.3, -0.25) is 14.4 Å². The molecule has 0 heterocycles. The second-order valence-electron chi connectivity index (χ2n) is 13.8. The molecule has 4 atom stereocenters. The maximum Gasteiger partial charge on any atom is 0.328 e. The van der Waals surface area contributed by atoms with Crippen LogP contribution in [-0.2, 0) is 30.0 Å². The molecule has 0 radical (unpaired) electrons. The number of hydrogen-bond donors (Lipinski definition) is 4. The van der Waals surface area contributed by atoms with Crippen molar-refractivity contribution >= 4 is 42.4 Å². The fourth-order valence-corrected chi connectivity index (χ4v) is 10.8. The van der Waals surface area contributed by atoms with Crippen LogP contribution in [0.1, 0.15) is 66.9 Å². The van der Waals surface area contributed by atoms with E-state index >= 15 is 0 Å². The van der Waals surface area contributed by atoms with E-state index < -0.39 is 55.4 Å². The molecule has 0 spiro atoms. The van der Waals surface area contributed by atoms with E-state index in [-0.39, 0.29) is 18.2 Å². The number of carbonyl (C=O) groups is 4. The van der Waals surface area contributed by atoms with Crippen molar-refractivity contribution < 1.29 is 28.7 Å². The first-order chi connectivity index (χ1) is 22.7. The average molecular weight is 674 g/mol. The summed E-state index contributed by atoms with van der Waals surface area (Å²) in [6.07, 6.45) is 0.191. The fourth-order valence-electron chi connectivity index (χ4n) is 6.12. The van der Waals surface area contributed by atoms with Gasteiger partial charge in [-0.05, 0) is 53.1 Å². The van der Waals surface area contributed by atoms with Crippen molar-refractivity contribution in [3.63, 3.8) is 0 Å². The Morgan fingerprint density at radius 2 is 1.21 bits per heavy atom. The Hall–Kier alpha value is -4.28. The van der Waals surface area contributed by atoms with Gasteiger partial charge in [0.15, 0.2) is 6.04 Å². The Bertz CT molecular complexity index is 1460. The second kappa shape index (κ2) is 17.2. The van der Waals surface area contributed by atoms with Crippen molar-refractivity contribution in [1.29, 1.82) is 0 Å². The molecule has 0 fully saturated rings. The van der Waals surface area contributed by atoms with Crippen LogP contribution in [0.3, 0.4) is 0 Å². The van der Waals surface area contributed by atoms with Gasteiger partial charge < -0.3 is 25.5 Å². The zero-order chi connectivity index (χ0) is 35.5. The minimum Gasteiger partial charge on any atom is -0.480 e. The topological polar surface area (TPSA) is 134 Å². The molecule has 10 heteroatoms. The molecule has 1 unspecified atom stereocenters. The van der Waals surface area contributed by atoms with Gasteiger partial charge >= 0.3 is 5.97 Å². The SMILES string of the molecule is CC(=O)N[C@@H](CCc1ccccc1)C(=O)N[C@@H](CC(C)C)C(=O)N[C@H](C(=O)O)C(C)O[Si](c1ccccc1)(c1ccccc1)C(C)(C)C. The van der Waals surface area contributed by atoms with Crippen molar-refractivity contribution in [1.82, 2.24) is 16.0 Å². The number of rotatable bonds is 16. The van der Waals surface area contributed by atoms with Crippen LogP contribution in [0.15, 0.2) is 91.0 Å². The van der Waals surface area contributed by atoms with Gasteiger partial charge in [-0.1, -0.05) is 126 Å². The highest BCUT2D eigenvalue weighted by atomic mass is 28.4. The summed E-state index contributed by atoms with van der Waals surface area (Å²) in [4.78, 5) is 52.2. The summed E-state index contributed by atoms with van der Waals surface area (Å²) in [7, 11) is -3.14. The van der Waals surface area contributed by atoms with Gasteiger partial charge in [0.05, 0.1) is 6.10 Å². The van der Waals surface area contributed by atoms with Crippen LogP contribution in [0.25, 0.3) is 0 Å². The molecule has 0 saturated heterocycles. The molecule has 3 amide bonds. The van der Waals surface area contributed by atoms with Crippen molar-refractivity contribution in [2.75, 3.05) is 0 Å². The van der Waals surface area contributed by atoms with Crippen LogP contribution in [-0.4, -0.2) is 61.3 Å². The van der Waals surface area contributed by atoms with E-state index in [0.29, 0.717) is 12.8 Å². The van der Waals surface area contributed by atoms with E-state index in [2.05, 4.69) is 36.7 Å². The molecule has 3 rings (SSSR count). The summed E-state index contributed by atoms with van der Waals surface area (Å²) in [5.74, 6) is -2.76. The van der Waals surface area contributed by atoms with Gasteiger partial charge in [0.25, 0.3) is 8.32 Å². The molecular weight excluding hydrogens is 623 g/mol. The maximum absolute atomic E-state index is 13.8. The number of nitrogens with one attached hydrogen (secondary N) is 3. The molecule has 0 aliphatic rings. The third kappa shape index (κ3) is 10.1. The molecule has 0 saturated carbocycles. The van der Waals surface area contributed by atoms with Crippen LogP contribution in [0, 0.1) is 5.92 Å². The number of carbonyl (C=O) groups excluding carboxylic acids is 3. The van der Waals surface area contributed by atoms with E-state index in [1.807, 2.05) is 105 Å². The maximum atomic E-state index is 13.8. The smallest absolute Gasteiger partial charge is 0.328 e. The van der Waals surface area contributed by atoms with Gasteiger partial charge in [0, 0.05) is 6.92 Å². The summed E-state index contributed by atoms with van der Waals surface area (Å²) in [5.41, 5.74) is 1.01. The predicted octanol–water partition coefficient (Wildman–Crippen LogP) is 4.19. The van der Waals surface area contributed by atoms with Crippen molar-refractivity contribution in [3.05, 3.63) is 96.6 Å². The number of hydrogen-bond acceptors (Lipinski definition) is 5. The van der Waals surface area contributed by atoms with Crippen LogP contribution < -0.4 is 26.3 Å². The number of carboxylic acid groups (broad SMARTS) is 1. The molecule has 0 aliphatic carbocycles. The molecule has 258 valence electrons. The van der Waals surface area contributed by atoms with Gasteiger partial charge in [0.1, 0.15) is 12.1 Å². The zero-order valence-electron chi connectivity index (χ0n) is 29.2. The third-order valence-electron chi connectivity index (χ3n) is 8.41. The molecule has 0 bridgehead atoms. The Balaban J connectivity index is 1.89. The molecule has 0 aromatic heterocycles. The molecular formula is C38H51N3O6Si. The number of aliphatic carboxylic acids is 1. The first-order valence-electron chi connectivity index (χ1n) is 16.6. The first kappa shape index (κ1) is 38.2. The van der Waals surface area contributed by atoms with E-state index in [9.17, 15) is 24.3 Å². The zero-order valence-corrected chi connectivity index (χ0v) is 30.2. The lowest BCUT2D eigenvalue weighted by molar-refractivity contribution is -0.145. The normalized spacial score (nSPS) is 14.3. The summed E-state index contributed by atoms with van der Waals surface area (Å²) in [6.45, 7) is 13.1. The molecule has 0 aliphatic heterocycles. The van der Waals surface area contributed by atoms with Gasteiger partial charge in [-0.25, -0.2) is 4.79 Å². The lowest BCUT2D eigenvalue weighted by Crippen LogP contribution is -2.69. The quantitative estimate of drug-likeness (QED) is 0.169. The number of carboxylic acids is 1. The highest BCUT2D eigenvalue weighted by Gasteiger charge is 2.52. The second-order valence-corrected chi connectivity index (χ2v) is 18.0. The summed E-state index contributed by atoms with van der Waals surface area (Å²) in [6, 6.07) is 26.0. The highest BCUT2D eigenvalue weighted by Crippen LogP contribution is 2.37. The third-order valence-corrected chi connectivity index (χ3v) is 13.5. The molecule has 3 aromatic carbocycles. The monoisotopic (exact) mass is 673 g/mol. The van der Waals surface area contributed by atoms with Crippen molar-refractivity contribution in [3.8, 4) is 0 Å². The number of benzene rings is 3. The average Bonchev–Trinajstić information content (AvgIpc) is 3.04.